The van der Waals surface area contributed by atoms with Crippen LogP contribution in [-0.2, 0) is 4.79 Å². The molecule has 0 N–H and O–H groups in total. The van der Waals surface area contributed by atoms with Crippen LogP contribution in [0.4, 0.5) is 0 Å². The fourth-order valence-electron chi connectivity index (χ4n) is 5.93. The maximum absolute atomic E-state index is 12.8. The van der Waals surface area contributed by atoms with Crippen molar-refractivity contribution in [2.45, 2.75) is 97.3 Å². The van der Waals surface area contributed by atoms with Gasteiger partial charge in [-0.2, -0.15) is 0 Å². The summed E-state index contributed by atoms with van der Waals surface area (Å²) in [5.74, 6) is 2.13. The van der Waals surface area contributed by atoms with Crippen LogP contribution in [0.2, 0.25) is 0 Å². The number of rotatable bonds is 9. The van der Waals surface area contributed by atoms with E-state index in [4.69, 9.17) is 9.73 Å². The summed E-state index contributed by atoms with van der Waals surface area (Å²) in [6.07, 6.45) is 20.4. The number of allylic oxidation sites excluding steroid dienone is 3. The van der Waals surface area contributed by atoms with Gasteiger partial charge in [-0.05, 0) is 123 Å². The second-order valence-electron chi connectivity index (χ2n) is 11.6. The van der Waals surface area contributed by atoms with Gasteiger partial charge in [0.2, 0.25) is 0 Å². The second-order valence-corrected chi connectivity index (χ2v) is 11.6. The van der Waals surface area contributed by atoms with E-state index in [0.717, 1.165) is 74.1 Å². The van der Waals surface area contributed by atoms with Gasteiger partial charge in [0.05, 0.1) is 5.70 Å². The third kappa shape index (κ3) is 8.74. The number of ether oxygens (including phenoxy) is 1. The van der Waals surface area contributed by atoms with E-state index in [2.05, 4.69) is 62.2 Å². The highest BCUT2D eigenvalue weighted by molar-refractivity contribution is 6.01. The summed E-state index contributed by atoms with van der Waals surface area (Å²) in [6.45, 7) is 6.57. The summed E-state index contributed by atoms with van der Waals surface area (Å²) in [5, 5.41) is 0. The smallest absolute Gasteiger partial charge is 0.173 e. The van der Waals surface area contributed by atoms with Crippen molar-refractivity contribution in [3.63, 3.8) is 0 Å². The highest BCUT2D eigenvalue weighted by atomic mass is 16.5. The SMILES string of the molecule is CCC(CC(C)C)C(=O)COc1cccc(C2=NC(=C3/CCCCC(c4ccncc4)CC3)/C=C\CCC2)c1. The summed E-state index contributed by atoms with van der Waals surface area (Å²) in [5.41, 5.74) is 6.28. The van der Waals surface area contributed by atoms with E-state index in [1.165, 1.54) is 30.4 Å². The molecule has 4 rings (SSSR count). The average molecular weight is 527 g/mol. The molecule has 0 saturated heterocycles. The number of hydrogen-bond acceptors (Lipinski definition) is 4. The van der Waals surface area contributed by atoms with Crippen LogP contribution in [0.15, 0.2) is 77.2 Å². The fourth-order valence-corrected chi connectivity index (χ4v) is 5.93. The van der Waals surface area contributed by atoms with E-state index in [9.17, 15) is 4.79 Å². The number of nitrogens with zero attached hydrogens (tertiary/aromatic N) is 2. The molecular weight excluding hydrogens is 480 g/mol. The van der Waals surface area contributed by atoms with Crippen molar-refractivity contribution in [2.75, 3.05) is 6.61 Å². The molecule has 4 heteroatoms. The van der Waals surface area contributed by atoms with Gasteiger partial charge in [0, 0.05) is 24.0 Å². The Kier molecular flexibility index (Phi) is 11.1. The Labute approximate surface area is 235 Å². The van der Waals surface area contributed by atoms with Crippen LogP contribution in [0, 0.1) is 11.8 Å². The van der Waals surface area contributed by atoms with Gasteiger partial charge in [-0.1, -0.05) is 45.4 Å². The van der Waals surface area contributed by atoms with Crippen molar-refractivity contribution in [1.82, 2.24) is 4.98 Å². The zero-order chi connectivity index (χ0) is 27.5. The predicted molar refractivity (Wildman–Crippen MR) is 161 cm³/mol. The summed E-state index contributed by atoms with van der Waals surface area (Å²) in [6, 6.07) is 12.5. The van der Waals surface area contributed by atoms with Gasteiger partial charge in [-0.15, -0.1) is 0 Å². The average Bonchev–Trinajstić information content (AvgIpc) is 2.91. The van der Waals surface area contributed by atoms with Crippen LogP contribution >= 0.6 is 0 Å². The molecule has 0 bridgehead atoms. The Hall–Kier alpha value is -3.01. The number of ketones is 1. The molecule has 2 atom stereocenters. The molecule has 39 heavy (non-hydrogen) atoms. The Bertz CT molecular complexity index is 1160. The molecule has 1 aromatic heterocycles. The van der Waals surface area contributed by atoms with Crippen LogP contribution in [0.25, 0.3) is 0 Å². The molecule has 2 aromatic rings. The highest BCUT2D eigenvalue weighted by Gasteiger charge is 2.20. The Morgan fingerprint density at radius 2 is 1.87 bits per heavy atom. The first-order chi connectivity index (χ1) is 19.0. The van der Waals surface area contributed by atoms with Crippen molar-refractivity contribution in [3.05, 3.63) is 83.3 Å². The third-order valence-electron chi connectivity index (χ3n) is 8.18. The molecule has 208 valence electrons. The molecule has 4 nitrogen and oxygen atoms in total. The number of aliphatic imine (C=N–C) groups is 1. The van der Waals surface area contributed by atoms with Gasteiger partial charge < -0.3 is 4.74 Å². The summed E-state index contributed by atoms with van der Waals surface area (Å²) in [7, 11) is 0. The van der Waals surface area contributed by atoms with Gasteiger partial charge in [0.15, 0.2) is 5.78 Å². The molecule has 2 heterocycles. The lowest BCUT2D eigenvalue weighted by molar-refractivity contribution is -0.125. The molecule has 1 saturated carbocycles. The molecule has 1 aromatic carbocycles. The highest BCUT2D eigenvalue weighted by Crippen LogP contribution is 2.35. The molecule has 0 radical (unpaired) electrons. The number of hydrogen-bond donors (Lipinski definition) is 0. The number of benzene rings is 1. The number of aromatic nitrogens is 1. The standard InChI is InChI=1S/C35H46N2O2/c1-4-27(23-26(2)3)35(38)25-39-32-14-10-13-31(24-32)34-16-7-5-6-15-33(37-34)30-12-9-8-11-28(17-18-30)29-19-21-36-22-20-29/h6,10,13-15,19-22,24,26-28H,4-5,7-9,11-12,16-18,23,25H2,1-3H3/b15-6-,33-30-,37-34?. The Morgan fingerprint density at radius 3 is 2.67 bits per heavy atom. The number of Topliss-reactive ketones (excluding diaryl/α,β-unsaturated/α-hetero) is 1. The largest absolute Gasteiger partial charge is 0.486 e. The zero-order valence-corrected chi connectivity index (χ0v) is 24.2. The summed E-state index contributed by atoms with van der Waals surface area (Å²) < 4.78 is 6.01. The van der Waals surface area contributed by atoms with Crippen molar-refractivity contribution < 1.29 is 9.53 Å². The minimum Gasteiger partial charge on any atom is -0.486 e. The first kappa shape index (κ1) is 29.0. The fraction of sp³-hybridized carbons (Fsp3) is 0.514. The molecule has 0 amide bonds. The maximum Gasteiger partial charge on any atom is 0.173 e. The van der Waals surface area contributed by atoms with E-state index in [1.807, 2.05) is 24.5 Å². The first-order valence-electron chi connectivity index (χ1n) is 15.2. The van der Waals surface area contributed by atoms with Crippen LogP contribution in [0.1, 0.15) is 108 Å². The van der Waals surface area contributed by atoms with Gasteiger partial charge >= 0.3 is 0 Å². The number of carbonyl (C=O) groups is 1. The minimum atomic E-state index is 0.0751. The molecule has 0 spiro atoms. The zero-order valence-electron chi connectivity index (χ0n) is 24.2. The summed E-state index contributed by atoms with van der Waals surface area (Å²) in [4.78, 5) is 22.3. The van der Waals surface area contributed by atoms with Crippen LogP contribution in [0.3, 0.4) is 0 Å². The number of carbonyl (C=O) groups excluding carboxylic acids is 1. The van der Waals surface area contributed by atoms with Gasteiger partial charge in [-0.3, -0.25) is 14.8 Å². The molecule has 1 aliphatic carbocycles. The molecule has 1 fully saturated rings. The quantitative estimate of drug-likeness (QED) is 0.327. The van der Waals surface area contributed by atoms with Gasteiger partial charge in [0.1, 0.15) is 12.4 Å². The van der Waals surface area contributed by atoms with Crippen molar-refractivity contribution in [2.24, 2.45) is 16.8 Å². The number of pyridine rings is 1. The van der Waals surface area contributed by atoms with Crippen LogP contribution in [0.5, 0.6) is 5.75 Å². The van der Waals surface area contributed by atoms with Crippen LogP contribution in [-0.4, -0.2) is 23.1 Å². The van der Waals surface area contributed by atoms with Crippen molar-refractivity contribution in [1.29, 1.82) is 0 Å². The third-order valence-corrected chi connectivity index (χ3v) is 8.18. The van der Waals surface area contributed by atoms with Gasteiger partial charge in [0.25, 0.3) is 0 Å². The molecular formula is C35H46N2O2. The predicted octanol–water partition coefficient (Wildman–Crippen LogP) is 9.02. The molecule has 2 aliphatic rings. The monoisotopic (exact) mass is 526 g/mol. The van der Waals surface area contributed by atoms with E-state index < -0.39 is 0 Å². The second kappa shape index (κ2) is 15.0. The van der Waals surface area contributed by atoms with E-state index in [0.29, 0.717) is 11.8 Å². The van der Waals surface area contributed by atoms with Crippen LogP contribution < -0.4 is 4.74 Å². The first-order valence-corrected chi connectivity index (χ1v) is 15.2. The van der Waals surface area contributed by atoms with E-state index in [-0.39, 0.29) is 18.3 Å². The Morgan fingerprint density at radius 1 is 1.03 bits per heavy atom. The Balaban J connectivity index is 1.51. The molecule has 1 aliphatic heterocycles. The van der Waals surface area contributed by atoms with Gasteiger partial charge in [-0.25, -0.2) is 0 Å². The normalized spacial score (nSPS) is 22.2. The topological polar surface area (TPSA) is 51.5 Å². The summed E-state index contributed by atoms with van der Waals surface area (Å²) >= 11 is 0. The lowest BCUT2D eigenvalue weighted by Crippen LogP contribution is -2.22. The maximum atomic E-state index is 12.8. The van der Waals surface area contributed by atoms with E-state index >= 15 is 0 Å². The molecule has 2 unspecified atom stereocenters. The van der Waals surface area contributed by atoms with Crippen molar-refractivity contribution in [3.8, 4) is 5.75 Å². The lowest BCUT2D eigenvalue weighted by atomic mass is 9.84. The lowest BCUT2D eigenvalue weighted by Gasteiger charge is -2.23. The van der Waals surface area contributed by atoms with Crippen molar-refractivity contribution >= 4 is 11.5 Å². The minimum absolute atomic E-state index is 0.0751. The van der Waals surface area contributed by atoms with E-state index in [1.54, 1.807) is 0 Å².